The van der Waals surface area contributed by atoms with E-state index in [4.69, 9.17) is 14.9 Å². The zero-order valence-electron chi connectivity index (χ0n) is 8.90. The van der Waals surface area contributed by atoms with Gasteiger partial charge in [-0.25, -0.2) is 0 Å². The van der Waals surface area contributed by atoms with Crippen LogP contribution in [0.15, 0.2) is 22.8 Å². The molecule has 0 spiro atoms. The van der Waals surface area contributed by atoms with Gasteiger partial charge >= 0.3 is 0 Å². The Kier molecular flexibility index (Phi) is 4.33. The minimum Gasteiger partial charge on any atom is -0.467 e. The average molecular weight is 212 g/mol. The summed E-state index contributed by atoms with van der Waals surface area (Å²) in [4.78, 5) is 11.5. The second-order valence-corrected chi connectivity index (χ2v) is 3.31. The van der Waals surface area contributed by atoms with Gasteiger partial charge in [-0.1, -0.05) is 0 Å². The van der Waals surface area contributed by atoms with Crippen LogP contribution in [0.3, 0.4) is 0 Å². The van der Waals surface area contributed by atoms with Crippen molar-refractivity contribution in [1.82, 2.24) is 5.32 Å². The molecule has 1 rings (SSSR count). The second-order valence-electron chi connectivity index (χ2n) is 3.31. The maximum atomic E-state index is 11.5. The number of carbonyl (C=O) groups is 1. The minimum atomic E-state index is -0.646. The van der Waals surface area contributed by atoms with E-state index in [0.717, 1.165) is 0 Å². The summed E-state index contributed by atoms with van der Waals surface area (Å²) in [6.45, 7) is 2.03. The number of hydrogen-bond acceptors (Lipinski definition) is 4. The lowest BCUT2D eigenvalue weighted by Gasteiger charge is -2.15. The molecule has 1 unspecified atom stereocenters. The first kappa shape index (κ1) is 11.7. The van der Waals surface area contributed by atoms with Crippen molar-refractivity contribution in [1.29, 1.82) is 0 Å². The van der Waals surface area contributed by atoms with Crippen LogP contribution in [0.1, 0.15) is 18.7 Å². The first-order valence-corrected chi connectivity index (χ1v) is 4.73. The van der Waals surface area contributed by atoms with Crippen molar-refractivity contribution in [3.05, 3.63) is 24.2 Å². The van der Waals surface area contributed by atoms with Gasteiger partial charge in [0.1, 0.15) is 11.8 Å². The van der Waals surface area contributed by atoms with Crippen LogP contribution in [0.4, 0.5) is 0 Å². The highest BCUT2D eigenvalue weighted by Gasteiger charge is 2.17. The van der Waals surface area contributed by atoms with Gasteiger partial charge in [-0.05, 0) is 19.1 Å². The first-order chi connectivity index (χ1) is 7.15. The van der Waals surface area contributed by atoms with Gasteiger partial charge in [-0.2, -0.15) is 0 Å². The molecule has 1 aromatic rings. The number of furan rings is 1. The topological polar surface area (TPSA) is 77.5 Å². The summed E-state index contributed by atoms with van der Waals surface area (Å²) in [5.74, 6) is 0.453. The minimum absolute atomic E-state index is 0.185. The molecule has 0 aliphatic rings. The fraction of sp³-hybridized carbons (Fsp3) is 0.500. The van der Waals surface area contributed by atoms with Gasteiger partial charge in [0.15, 0.2) is 0 Å². The molecule has 0 radical (unpaired) electrons. The molecule has 1 amide bonds. The van der Waals surface area contributed by atoms with E-state index in [-0.39, 0.29) is 18.6 Å². The Balaban J connectivity index is 2.44. The van der Waals surface area contributed by atoms with E-state index in [9.17, 15) is 4.79 Å². The van der Waals surface area contributed by atoms with E-state index < -0.39 is 6.04 Å². The summed E-state index contributed by atoms with van der Waals surface area (Å²) in [7, 11) is 1.50. The third-order valence-electron chi connectivity index (χ3n) is 2.01. The number of rotatable bonds is 5. The molecule has 1 aromatic heterocycles. The lowest BCUT2D eigenvalue weighted by atomic mass is 10.2. The average Bonchev–Trinajstić information content (AvgIpc) is 2.70. The van der Waals surface area contributed by atoms with Crippen LogP contribution in [0.5, 0.6) is 0 Å². The van der Waals surface area contributed by atoms with E-state index in [1.54, 1.807) is 18.4 Å². The van der Waals surface area contributed by atoms with Crippen LogP contribution in [0.2, 0.25) is 0 Å². The van der Waals surface area contributed by atoms with Crippen LogP contribution in [-0.4, -0.2) is 25.7 Å². The van der Waals surface area contributed by atoms with Crippen molar-refractivity contribution in [2.24, 2.45) is 5.73 Å². The molecule has 0 saturated carbocycles. The Labute approximate surface area is 88.6 Å². The Morgan fingerprint density at radius 1 is 1.73 bits per heavy atom. The Bertz CT molecular complexity index is 298. The Morgan fingerprint density at radius 2 is 2.47 bits per heavy atom. The predicted molar refractivity (Wildman–Crippen MR) is 55.1 cm³/mol. The number of amides is 1. The van der Waals surface area contributed by atoms with Crippen LogP contribution < -0.4 is 11.1 Å². The van der Waals surface area contributed by atoms with Gasteiger partial charge in [0.25, 0.3) is 0 Å². The fourth-order valence-corrected chi connectivity index (χ4v) is 1.18. The zero-order chi connectivity index (χ0) is 11.3. The standard InChI is InChI=1S/C10H16N2O3/c1-7(9-4-3-5-15-9)12-10(13)8(11)6-14-2/h3-5,7-8H,6,11H2,1-2H3,(H,12,13)/t7-,8?/m1/s1. The molecule has 2 atom stereocenters. The second kappa shape index (κ2) is 5.53. The SMILES string of the molecule is COCC(N)C(=O)N[C@H](C)c1ccco1. The maximum absolute atomic E-state index is 11.5. The molecule has 5 nitrogen and oxygen atoms in total. The van der Waals surface area contributed by atoms with Crippen LogP contribution >= 0.6 is 0 Å². The summed E-state index contributed by atoms with van der Waals surface area (Å²) in [6, 6.07) is 2.74. The molecular formula is C10H16N2O3. The third kappa shape index (κ3) is 3.38. The Morgan fingerprint density at radius 3 is 3.00 bits per heavy atom. The highest BCUT2D eigenvalue weighted by Crippen LogP contribution is 2.11. The first-order valence-electron chi connectivity index (χ1n) is 4.73. The molecule has 0 fully saturated rings. The normalized spacial score (nSPS) is 14.6. The quantitative estimate of drug-likeness (QED) is 0.742. The van der Waals surface area contributed by atoms with Crippen molar-refractivity contribution in [2.75, 3.05) is 13.7 Å². The summed E-state index contributed by atoms with van der Waals surface area (Å²) < 4.78 is 9.94. The van der Waals surface area contributed by atoms with Crippen molar-refractivity contribution >= 4 is 5.91 Å². The lowest BCUT2D eigenvalue weighted by Crippen LogP contribution is -2.44. The van der Waals surface area contributed by atoms with Gasteiger partial charge < -0.3 is 20.2 Å². The number of nitrogens with two attached hydrogens (primary N) is 1. The Hall–Kier alpha value is -1.33. The maximum Gasteiger partial charge on any atom is 0.239 e. The van der Waals surface area contributed by atoms with E-state index in [2.05, 4.69) is 5.32 Å². The smallest absolute Gasteiger partial charge is 0.239 e. The zero-order valence-corrected chi connectivity index (χ0v) is 8.90. The molecule has 0 aromatic carbocycles. The number of carbonyl (C=O) groups excluding carboxylic acids is 1. The van der Waals surface area contributed by atoms with E-state index in [1.165, 1.54) is 7.11 Å². The molecule has 5 heteroatoms. The third-order valence-corrected chi connectivity index (χ3v) is 2.01. The van der Waals surface area contributed by atoms with E-state index in [1.807, 2.05) is 6.92 Å². The molecular weight excluding hydrogens is 196 g/mol. The molecule has 1 heterocycles. The molecule has 0 bridgehead atoms. The van der Waals surface area contributed by atoms with Gasteiger partial charge in [-0.3, -0.25) is 4.79 Å². The van der Waals surface area contributed by atoms with Crippen LogP contribution in [0, 0.1) is 0 Å². The van der Waals surface area contributed by atoms with Crippen LogP contribution in [-0.2, 0) is 9.53 Å². The molecule has 0 aliphatic heterocycles. The van der Waals surface area contributed by atoms with E-state index >= 15 is 0 Å². The molecule has 15 heavy (non-hydrogen) atoms. The number of ether oxygens (including phenoxy) is 1. The van der Waals surface area contributed by atoms with Crippen molar-refractivity contribution in [3.63, 3.8) is 0 Å². The molecule has 84 valence electrons. The predicted octanol–water partition coefficient (Wildman–Crippen LogP) is 0.431. The lowest BCUT2D eigenvalue weighted by molar-refractivity contribution is -0.124. The molecule has 3 N–H and O–H groups in total. The van der Waals surface area contributed by atoms with Crippen LogP contribution in [0.25, 0.3) is 0 Å². The van der Waals surface area contributed by atoms with Gasteiger partial charge in [0.05, 0.1) is 18.9 Å². The fourth-order valence-electron chi connectivity index (χ4n) is 1.18. The van der Waals surface area contributed by atoms with Gasteiger partial charge in [-0.15, -0.1) is 0 Å². The molecule has 0 saturated heterocycles. The van der Waals surface area contributed by atoms with E-state index in [0.29, 0.717) is 5.76 Å². The summed E-state index contributed by atoms with van der Waals surface area (Å²) in [6.07, 6.45) is 1.56. The summed E-state index contributed by atoms with van der Waals surface area (Å²) >= 11 is 0. The molecule has 0 aliphatic carbocycles. The van der Waals surface area contributed by atoms with Crippen molar-refractivity contribution in [2.45, 2.75) is 19.0 Å². The number of nitrogens with one attached hydrogen (secondary N) is 1. The number of hydrogen-bond donors (Lipinski definition) is 2. The van der Waals surface area contributed by atoms with Crippen molar-refractivity contribution < 1.29 is 13.9 Å². The summed E-state index contributed by atoms with van der Waals surface area (Å²) in [5.41, 5.74) is 5.56. The van der Waals surface area contributed by atoms with Gasteiger partial charge in [0.2, 0.25) is 5.91 Å². The highest BCUT2D eigenvalue weighted by atomic mass is 16.5. The largest absolute Gasteiger partial charge is 0.467 e. The monoisotopic (exact) mass is 212 g/mol. The van der Waals surface area contributed by atoms with Gasteiger partial charge in [0, 0.05) is 7.11 Å². The highest BCUT2D eigenvalue weighted by molar-refractivity contribution is 5.81. The van der Waals surface area contributed by atoms with Crippen molar-refractivity contribution in [3.8, 4) is 0 Å². The number of methoxy groups -OCH3 is 1. The summed E-state index contributed by atoms with van der Waals surface area (Å²) in [5, 5.41) is 2.73.